The smallest absolute Gasteiger partial charge is 0.320 e. The maximum atomic E-state index is 11.8. The molecule has 1 saturated heterocycles. The van der Waals surface area contributed by atoms with Gasteiger partial charge in [0.15, 0.2) is 0 Å². The molecule has 0 aliphatic carbocycles. The summed E-state index contributed by atoms with van der Waals surface area (Å²) in [7, 11) is 0. The number of amides is 1. The lowest BCUT2D eigenvalue weighted by atomic mass is 10.1. The normalized spacial score (nSPS) is 17.8. The number of hydrogen-bond acceptors (Lipinski definition) is 3. The van der Waals surface area contributed by atoms with Crippen LogP contribution in [0.15, 0.2) is 0 Å². The Labute approximate surface area is 102 Å². The van der Waals surface area contributed by atoms with Gasteiger partial charge in [0.1, 0.15) is 6.04 Å². The van der Waals surface area contributed by atoms with Crippen LogP contribution in [0.2, 0.25) is 0 Å². The van der Waals surface area contributed by atoms with Gasteiger partial charge in [-0.05, 0) is 25.7 Å². The van der Waals surface area contributed by atoms with Crippen LogP contribution in [0.3, 0.4) is 0 Å². The van der Waals surface area contributed by atoms with Crippen LogP contribution < -0.4 is 5.32 Å². The van der Waals surface area contributed by atoms with Crippen molar-refractivity contribution in [1.29, 1.82) is 0 Å². The zero-order valence-electron chi connectivity index (χ0n) is 10.4. The van der Waals surface area contributed by atoms with Crippen molar-refractivity contribution in [3.63, 3.8) is 0 Å². The van der Waals surface area contributed by atoms with E-state index in [4.69, 9.17) is 5.11 Å². The predicted molar refractivity (Wildman–Crippen MR) is 64.8 cm³/mol. The van der Waals surface area contributed by atoms with E-state index >= 15 is 0 Å². The molecule has 0 aromatic carbocycles. The van der Waals surface area contributed by atoms with E-state index in [9.17, 15) is 9.59 Å². The molecule has 0 aromatic heterocycles. The standard InChI is InChI=1S/C12H22N2O3/c1-2-6-10(12(16)17)13-9-11(15)14-7-4-3-5-8-14/h10,13H,2-9H2,1H3,(H,16,17). The van der Waals surface area contributed by atoms with Gasteiger partial charge in [0, 0.05) is 13.1 Å². The maximum absolute atomic E-state index is 11.8. The average molecular weight is 242 g/mol. The van der Waals surface area contributed by atoms with Crippen LogP contribution in [0.25, 0.3) is 0 Å². The van der Waals surface area contributed by atoms with Crippen LogP contribution in [0.4, 0.5) is 0 Å². The van der Waals surface area contributed by atoms with E-state index < -0.39 is 12.0 Å². The van der Waals surface area contributed by atoms with Crippen LogP contribution in [0.1, 0.15) is 39.0 Å². The lowest BCUT2D eigenvalue weighted by Crippen LogP contribution is -2.46. The number of likely N-dealkylation sites (tertiary alicyclic amines) is 1. The maximum Gasteiger partial charge on any atom is 0.320 e. The van der Waals surface area contributed by atoms with Gasteiger partial charge < -0.3 is 10.0 Å². The van der Waals surface area contributed by atoms with Crippen LogP contribution in [-0.4, -0.2) is 47.6 Å². The molecule has 0 spiro atoms. The SMILES string of the molecule is CCCC(NCC(=O)N1CCCCC1)C(=O)O. The Kier molecular flexibility index (Phi) is 5.97. The molecule has 1 amide bonds. The minimum absolute atomic E-state index is 0.0204. The first kappa shape index (κ1) is 14.0. The third-order valence-electron chi connectivity index (χ3n) is 3.08. The van der Waals surface area contributed by atoms with Crippen LogP contribution >= 0.6 is 0 Å². The van der Waals surface area contributed by atoms with Crippen molar-refractivity contribution in [3.05, 3.63) is 0 Å². The molecule has 1 rings (SSSR count). The molecular weight excluding hydrogens is 220 g/mol. The summed E-state index contributed by atoms with van der Waals surface area (Å²) in [5, 5.41) is 11.8. The van der Waals surface area contributed by atoms with Gasteiger partial charge in [0.2, 0.25) is 5.91 Å². The number of carbonyl (C=O) groups excluding carboxylic acids is 1. The van der Waals surface area contributed by atoms with Gasteiger partial charge in [0.25, 0.3) is 0 Å². The molecular formula is C12H22N2O3. The van der Waals surface area contributed by atoms with Crippen molar-refractivity contribution < 1.29 is 14.7 Å². The molecule has 1 aliphatic rings. The van der Waals surface area contributed by atoms with Gasteiger partial charge in [0.05, 0.1) is 6.54 Å². The summed E-state index contributed by atoms with van der Waals surface area (Å²) in [6, 6.07) is -0.603. The molecule has 0 saturated carbocycles. The van der Waals surface area contributed by atoms with Crippen molar-refractivity contribution in [2.75, 3.05) is 19.6 Å². The van der Waals surface area contributed by atoms with E-state index in [0.717, 1.165) is 32.4 Å². The molecule has 5 nitrogen and oxygen atoms in total. The summed E-state index contributed by atoms with van der Waals surface area (Å²) in [6.45, 7) is 3.69. The van der Waals surface area contributed by atoms with Gasteiger partial charge in [-0.1, -0.05) is 13.3 Å². The van der Waals surface area contributed by atoms with Crippen LogP contribution in [0.5, 0.6) is 0 Å². The molecule has 0 aromatic rings. The number of carboxylic acids is 1. The fraction of sp³-hybridized carbons (Fsp3) is 0.833. The summed E-state index contributed by atoms with van der Waals surface area (Å²) in [5.74, 6) is -0.856. The number of carbonyl (C=O) groups is 2. The number of nitrogens with one attached hydrogen (secondary N) is 1. The third-order valence-corrected chi connectivity index (χ3v) is 3.08. The van der Waals surface area contributed by atoms with E-state index in [0.29, 0.717) is 6.42 Å². The van der Waals surface area contributed by atoms with Crippen molar-refractivity contribution >= 4 is 11.9 Å². The van der Waals surface area contributed by atoms with Crippen molar-refractivity contribution in [2.24, 2.45) is 0 Å². The Bertz CT molecular complexity index is 262. The van der Waals surface area contributed by atoms with E-state index in [1.165, 1.54) is 6.42 Å². The number of rotatable bonds is 6. The fourth-order valence-electron chi connectivity index (χ4n) is 2.07. The van der Waals surface area contributed by atoms with Gasteiger partial charge >= 0.3 is 5.97 Å². The van der Waals surface area contributed by atoms with Crippen molar-refractivity contribution in [2.45, 2.75) is 45.1 Å². The highest BCUT2D eigenvalue weighted by Crippen LogP contribution is 2.08. The highest BCUT2D eigenvalue weighted by molar-refractivity contribution is 5.80. The van der Waals surface area contributed by atoms with E-state index in [2.05, 4.69) is 5.32 Å². The first-order valence-electron chi connectivity index (χ1n) is 6.39. The zero-order chi connectivity index (χ0) is 12.7. The summed E-state index contributed by atoms with van der Waals surface area (Å²) in [5.41, 5.74) is 0. The minimum Gasteiger partial charge on any atom is -0.480 e. The first-order valence-corrected chi connectivity index (χ1v) is 6.39. The molecule has 1 heterocycles. The lowest BCUT2D eigenvalue weighted by Gasteiger charge is -2.27. The van der Waals surface area contributed by atoms with Gasteiger partial charge in [-0.3, -0.25) is 14.9 Å². The Morgan fingerprint density at radius 1 is 1.29 bits per heavy atom. The Balaban J connectivity index is 2.32. The van der Waals surface area contributed by atoms with Gasteiger partial charge in [-0.2, -0.15) is 0 Å². The summed E-state index contributed by atoms with van der Waals surface area (Å²) in [6.07, 6.45) is 4.65. The second-order valence-electron chi connectivity index (χ2n) is 4.50. The van der Waals surface area contributed by atoms with Gasteiger partial charge in [-0.15, -0.1) is 0 Å². The van der Waals surface area contributed by atoms with Crippen LogP contribution in [0, 0.1) is 0 Å². The highest BCUT2D eigenvalue weighted by atomic mass is 16.4. The Hall–Kier alpha value is -1.10. The molecule has 5 heteroatoms. The van der Waals surface area contributed by atoms with Gasteiger partial charge in [-0.25, -0.2) is 0 Å². The van der Waals surface area contributed by atoms with Crippen LogP contribution in [-0.2, 0) is 9.59 Å². The largest absolute Gasteiger partial charge is 0.480 e. The average Bonchev–Trinajstić information content (AvgIpc) is 2.34. The molecule has 17 heavy (non-hydrogen) atoms. The van der Waals surface area contributed by atoms with E-state index in [1.807, 2.05) is 11.8 Å². The first-order chi connectivity index (χ1) is 8.15. The Morgan fingerprint density at radius 3 is 2.47 bits per heavy atom. The zero-order valence-corrected chi connectivity index (χ0v) is 10.4. The second kappa shape index (κ2) is 7.27. The molecule has 2 N–H and O–H groups in total. The number of nitrogens with zero attached hydrogens (tertiary/aromatic N) is 1. The molecule has 1 aliphatic heterocycles. The molecule has 0 radical (unpaired) electrons. The molecule has 0 bridgehead atoms. The lowest BCUT2D eigenvalue weighted by molar-refractivity contribution is -0.140. The topological polar surface area (TPSA) is 69.6 Å². The second-order valence-corrected chi connectivity index (χ2v) is 4.50. The van der Waals surface area contributed by atoms with Crippen molar-refractivity contribution in [1.82, 2.24) is 10.2 Å². The molecule has 1 unspecified atom stereocenters. The minimum atomic E-state index is -0.877. The fourth-order valence-corrected chi connectivity index (χ4v) is 2.07. The summed E-state index contributed by atoms with van der Waals surface area (Å²) >= 11 is 0. The van der Waals surface area contributed by atoms with E-state index in [1.54, 1.807) is 0 Å². The number of aliphatic carboxylic acids is 1. The van der Waals surface area contributed by atoms with E-state index in [-0.39, 0.29) is 12.5 Å². The van der Waals surface area contributed by atoms with Crippen molar-refractivity contribution in [3.8, 4) is 0 Å². The molecule has 1 fully saturated rings. The predicted octanol–water partition coefficient (Wildman–Crippen LogP) is 0.842. The number of carboxylic acid groups (broad SMARTS) is 1. The number of piperidine rings is 1. The number of hydrogen-bond donors (Lipinski definition) is 2. The quantitative estimate of drug-likeness (QED) is 0.724. The Morgan fingerprint density at radius 2 is 1.94 bits per heavy atom. The molecule has 1 atom stereocenters. The summed E-state index contributed by atoms with van der Waals surface area (Å²) in [4.78, 5) is 24.5. The highest BCUT2D eigenvalue weighted by Gasteiger charge is 2.20. The molecule has 98 valence electrons. The monoisotopic (exact) mass is 242 g/mol. The summed E-state index contributed by atoms with van der Waals surface area (Å²) < 4.78 is 0. The third kappa shape index (κ3) is 4.73.